The third-order valence-electron chi connectivity index (χ3n) is 1.98. The predicted molar refractivity (Wildman–Crippen MR) is 56.2 cm³/mol. The van der Waals surface area contributed by atoms with Gasteiger partial charge in [0.2, 0.25) is 0 Å². The van der Waals surface area contributed by atoms with Gasteiger partial charge in [-0.1, -0.05) is 12.1 Å². The first-order chi connectivity index (χ1) is 7.20. The number of benzene rings is 1. The molecule has 5 heteroatoms. The molecule has 0 aliphatic carbocycles. The molecule has 0 bridgehead atoms. The van der Waals surface area contributed by atoms with E-state index in [0.29, 0.717) is 5.69 Å². The lowest BCUT2D eigenvalue weighted by molar-refractivity contribution is 0.143. The zero-order chi connectivity index (χ0) is 10.8. The number of nitrogens with zero attached hydrogens (tertiary/aromatic N) is 2. The molecule has 0 atom stereocenters. The third-order valence-corrected chi connectivity index (χ3v) is 2.65. The van der Waals surface area contributed by atoms with Gasteiger partial charge in [0.05, 0.1) is 5.69 Å². The number of hydrogen-bond acceptors (Lipinski definition) is 1. The molecule has 0 saturated heterocycles. The molecular weight excluding hydrogens is 266 g/mol. The first-order valence-corrected chi connectivity index (χ1v) is 5.06. The SMILES string of the molecule is FC(F)c1ccnn1-c1ccccc1Br. The van der Waals surface area contributed by atoms with Gasteiger partial charge in [-0.3, -0.25) is 0 Å². The van der Waals surface area contributed by atoms with Gasteiger partial charge in [-0.2, -0.15) is 5.10 Å². The number of aromatic nitrogens is 2. The average molecular weight is 273 g/mol. The van der Waals surface area contributed by atoms with Gasteiger partial charge in [0.1, 0.15) is 5.69 Å². The lowest BCUT2D eigenvalue weighted by Gasteiger charge is -2.08. The van der Waals surface area contributed by atoms with Crippen LogP contribution in [0.1, 0.15) is 12.1 Å². The topological polar surface area (TPSA) is 17.8 Å². The molecule has 2 nitrogen and oxygen atoms in total. The Hall–Kier alpha value is -1.23. The van der Waals surface area contributed by atoms with Crippen LogP contribution in [0.3, 0.4) is 0 Å². The Morgan fingerprint density at radius 3 is 2.60 bits per heavy atom. The van der Waals surface area contributed by atoms with E-state index in [4.69, 9.17) is 0 Å². The van der Waals surface area contributed by atoms with Crippen molar-refractivity contribution in [3.8, 4) is 5.69 Å². The van der Waals surface area contributed by atoms with Crippen molar-refractivity contribution in [2.45, 2.75) is 6.43 Å². The van der Waals surface area contributed by atoms with Gasteiger partial charge in [0.25, 0.3) is 6.43 Å². The highest BCUT2D eigenvalue weighted by atomic mass is 79.9. The summed E-state index contributed by atoms with van der Waals surface area (Å²) < 4.78 is 27.2. The molecule has 1 aromatic carbocycles. The van der Waals surface area contributed by atoms with Crippen molar-refractivity contribution in [2.75, 3.05) is 0 Å². The van der Waals surface area contributed by atoms with Crippen molar-refractivity contribution in [1.82, 2.24) is 9.78 Å². The molecule has 0 fully saturated rings. The minimum Gasteiger partial charge on any atom is -0.231 e. The average Bonchev–Trinajstić information content (AvgIpc) is 2.67. The number of para-hydroxylation sites is 1. The van der Waals surface area contributed by atoms with E-state index in [2.05, 4.69) is 21.0 Å². The second-order valence-corrected chi connectivity index (χ2v) is 3.77. The Morgan fingerprint density at radius 1 is 1.20 bits per heavy atom. The molecular formula is C10H7BrF2N2. The normalized spacial score (nSPS) is 10.9. The maximum atomic E-state index is 12.6. The Balaban J connectivity index is 2.55. The summed E-state index contributed by atoms with van der Waals surface area (Å²) in [4.78, 5) is 0. The number of hydrogen-bond donors (Lipinski definition) is 0. The van der Waals surface area contributed by atoms with Crippen LogP contribution in [-0.2, 0) is 0 Å². The fraction of sp³-hybridized carbons (Fsp3) is 0.100. The molecule has 0 aliphatic heterocycles. The zero-order valence-electron chi connectivity index (χ0n) is 7.57. The van der Waals surface area contributed by atoms with Crippen LogP contribution in [0.4, 0.5) is 8.78 Å². The maximum Gasteiger partial charge on any atom is 0.280 e. The first kappa shape index (κ1) is 10.3. The molecule has 1 aromatic heterocycles. The van der Waals surface area contributed by atoms with E-state index in [1.807, 2.05) is 6.07 Å². The van der Waals surface area contributed by atoms with Crippen LogP contribution >= 0.6 is 15.9 Å². The summed E-state index contributed by atoms with van der Waals surface area (Å²) in [7, 11) is 0. The molecule has 0 unspecified atom stereocenters. The second-order valence-electron chi connectivity index (χ2n) is 2.92. The van der Waals surface area contributed by atoms with E-state index in [1.54, 1.807) is 18.2 Å². The van der Waals surface area contributed by atoms with E-state index in [-0.39, 0.29) is 5.69 Å². The van der Waals surface area contributed by atoms with Crippen LogP contribution in [0.15, 0.2) is 41.0 Å². The quantitative estimate of drug-likeness (QED) is 0.817. The number of alkyl halides is 2. The van der Waals surface area contributed by atoms with Crippen molar-refractivity contribution < 1.29 is 8.78 Å². The number of rotatable bonds is 2. The minimum atomic E-state index is -2.53. The molecule has 0 spiro atoms. The molecule has 2 rings (SSSR count). The summed E-state index contributed by atoms with van der Waals surface area (Å²) in [5.41, 5.74) is 0.500. The van der Waals surface area contributed by atoms with E-state index in [9.17, 15) is 8.78 Å². The largest absolute Gasteiger partial charge is 0.280 e. The van der Waals surface area contributed by atoms with Crippen LogP contribution in [0.5, 0.6) is 0 Å². The summed E-state index contributed by atoms with van der Waals surface area (Å²) in [6, 6.07) is 8.41. The predicted octanol–water partition coefficient (Wildman–Crippen LogP) is 3.57. The van der Waals surface area contributed by atoms with Gasteiger partial charge < -0.3 is 0 Å². The van der Waals surface area contributed by atoms with Crippen LogP contribution in [0.25, 0.3) is 5.69 Å². The van der Waals surface area contributed by atoms with Crippen LogP contribution in [0.2, 0.25) is 0 Å². The first-order valence-electron chi connectivity index (χ1n) is 4.27. The summed E-state index contributed by atoms with van der Waals surface area (Å²) >= 11 is 3.30. The molecule has 1 heterocycles. The van der Waals surface area contributed by atoms with Crippen LogP contribution in [-0.4, -0.2) is 9.78 Å². The highest BCUT2D eigenvalue weighted by Crippen LogP contribution is 2.25. The smallest absolute Gasteiger partial charge is 0.231 e. The fourth-order valence-electron chi connectivity index (χ4n) is 1.30. The summed E-state index contributed by atoms with van der Waals surface area (Å²) in [6.07, 6.45) is -1.17. The Morgan fingerprint density at radius 2 is 1.93 bits per heavy atom. The van der Waals surface area contributed by atoms with Gasteiger partial charge in [-0.15, -0.1) is 0 Å². The second kappa shape index (κ2) is 4.10. The highest BCUT2D eigenvalue weighted by Gasteiger charge is 2.15. The van der Waals surface area contributed by atoms with Gasteiger partial charge in [-0.25, -0.2) is 13.5 Å². The third kappa shape index (κ3) is 1.92. The molecule has 0 amide bonds. The Labute approximate surface area is 93.7 Å². The Bertz CT molecular complexity index is 468. The highest BCUT2D eigenvalue weighted by molar-refractivity contribution is 9.10. The van der Waals surface area contributed by atoms with Crippen LogP contribution in [0, 0.1) is 0 Å². The van der Waals surface area contributed by atoms with Gasteiger partial charge in [0, 0.05) is 10.7 Å². The molecule has 78 valence electrons. The van der Waals surface area contributed by atoms with E-state index >= 15 is 0 Å². The fourth-order valence-corrected chi connectivity index (χ4v) is 1.76. The van der Waals surface area contributed by atoms with Crippen molar-refractivity contribution in [3.05, 3.63) is 46.7 Å². The molecule has 15 heavy (non-hydrogen) atoms. The molecule has 0 saturated carbocycles. The Kier molecular flexibility index (Phi) is 2.81. The van der Waals surface area contributed by atoms with E-state index in [0.717, 1.165) is 4.47 Å². The lowest BCUT2D eigenvalue weighted by Crippen LogP contribution is -2.02. The standard InChI is InChI=1S/C10H7BrF2N2/c11-7-3-1-2-4-8(7)15-9(10(12)13)5-6-14-15/h1-6,10H. The maximum absolute atomic E-state index is 12.6. The monoisotopic (exact) mass is 272 g/mol. The minimum absolute atomic E-state index is 0.109. The van der Waals surface area contributed by atoms with Crippen molar-refractivity contribution in [3.63, 3.8) is 0 Å². The zero-order valence-corrected chi connectivity index (χ0v) is 9.16. The molecule has 0 aliphatic rings. The van der Waals surface area contributed by atoms with Crippen molar-refractivity contribution in [1.29, 1.82) is 0 Å². The van der Waals surface area contributed by atoms with E-state index < -0.39 is 6.43 Å². The van der Waals surface area contributed by atoms with Gasteiger partial charge in [0.15, 0.2) is 0 Å². The van der Waals surface area contributed by atoms with Crippen LogP contribution < -0.4 is 0 Å². The summed E-state index contributed by atoms with van der Waals surface area (Å²) in [5.74, 6) is 0. The molecule has 2 aromatic rings. The summed E-state index contributed by atoms with van der Waals surface area (Å²) in [5, 5.41) is 3.88. The van der Waals surface area contributed by atoms with Crippen molar-refractivity contribution in [2.24, 2.45) is 0 Å². The van der Waals surface area contributed by atoms with Gasteiger partial charge in [-0.05, 0) is 34.1 Å². The lowest BCUT2D eigenvalue weighted by atomic mass is 10.3. The van der Waals surface area contributed by atoms with Crippen molar-refractivity contribution >= 4 is 15.9 Å². The van der Waals surface area contributed by atoms with E-state index in [1.165, 1.54) is 16.9 Å². The number of halogens is 3. The molecule has 0 N–H and O–H groups in total. The summed E-state index contributed by atoms with van der Waals surface area (Å²) in [6.45, 7) is 0. The molecule has 0 radical (unpaired) electrons. The van der Waals surface area contributed by atoms with Gasteiger partial charge >= 0.3 is 0 Å².